The van der Waals surface area contributed by atoms with Crippen LogP contribution in [0.1, 0.15) is 89.5 Å². The molecule has 0 bridgehead atoms. The Kier molecular flexibility index (Phi) is 10.4. The quantitative estimate of drug-likeness (QED) is 0.182. The van der Waals surface area contributed by atoms with Crippen molar-refractivity contribution in [3.05, 3.63) is 42.2 Å². The number of rotatable bonds is 10. The Bertz CT molecular complexity index is 903. The molecule has 1 saturated heterocycles. The second-order valence-corrected chi connectivity index (χ2v) is 12.9. The minimum atomic E-state index is -0.112. The summed E-state index contributed by atoms with van der Waals surface area (Å²) >= 11 is 3.84. The number of carbonyl (C=O) groups is 1. The molecule has 1 aliphatic heterocycles. The highest BCUT2D eigenvalue weighted by molar-refractivity contribution is 8.17. The molecule has 1 saturated carbocycles. The number of unbranched alkanes of at least 4 members (excludes halogenated alkanes) is 2. The Morgan fingerprint density at radius 2 is 1.60 bits per heavy atom. The lowest BCUT2D eigenvalue weighted by Gasteiger charge is -2.28. The Morgan fingerprint density at radius 1 is 0.914 bits per heavy atom. The SMILES string of the molecule is CCCCCC1SCC(C(=O)Oc2ccc(-c3ncc(C4CCC(CCC)CC4)cn3)cc2)CS1. The zero-order valence-electron chi connectivity index (χ0n) is 21.3. The van der Waals surface area contributed by atoms with Crippen molar-refractivity contribution in [3.63, 3.8) is 0 Å². The standard InChI is InChI=1S/C29H40N2O2S2/c1-3-5-6-8-27-34-19-25(20-35-27)29(32)33-26-15-13-23(14-16-26)28-30-17-24(18-31-28)22-11-9-21(7-4-2)10-12-22/h13-18,21-22,25,27H,3-12,19-20H2,1-2H3. The Hall–Kier alpha value is -1.53. The summed E-state index contributed by atoms with van der Waals surface area (Å²) in [7, 11) is 0. The number of esters is 1. The van der Waals surface area contributed by atoms with Crippen LogP contribution in [0.2, 0.25) is 0 Å². The van der Waals surface area contributed by atoms with Crippen LogP contribution in [0, 0.1) is 11.8 Å². The molecule has 1 aromatic heterocycles. The summed E-state index contributed by atoms with van der Waals surface area (Å²) in [6, 6.07) is 7.61. The van der Waals surface area contributed by atoms with E-state index in [2.05, 4.69) is 23.8 Å². The van der Waals surface area contributed by atoms with Gasteiger partial charge in [-0.2, -0.15) is 0 Å². The fourth-order valence-corrected chi connectivity index (χ4v) is 8.24. The molecule has 2 aromatic rings. The summed E-state index contributed by atoms with van der Waals surface area (Å²) < 4.78 is 6.33. The summed E-state index contributed by atoms with van der Waals surface area (Å²) in [4.78, 5) is 22.0. The van der Waals surface area contributed by atoms with E-state index in [1.54, 1.807) is 0 Å². The number of benzene rings is 1. The van der Waals surface area contributed by atoms with Crippen molar-refractivity contribution in [2.45, 2.75) is 88.6 Å². The van der Waals surface area contributed by atoms with E-state index < -0.39 is 0 Å². The number of nitrogens with zero attached hydrogens (tertiary/aromatic N) is 2. The summed E-state index contributed by atoms with van der Waals surface area (Å²) in [6.07, 6.45) is 16.9. The topological polar surface area (TPSA) is 52.1 Å². The summed E-state index contributed by atoms with van der Waals surface area (Å²) in [5.41, 5.74) is 2.21. The molecule has 1 aromatic carbocycles. The Labute approximate surface area is 219 Å². The zero-order valence-corrected chi connectivity index (χ0v) is 22.9. The van der Waals surface area contributed by atoms with Crippen LogP contribution in [-0.4, -0.2) is 32.0 Å². The molecule has 2 heterocycles. The van der Waals surface area contributed by atoms with E-state index in [1.807, 2.05) is 60.2 Å². The maximum Gasteiger partial charge on any atom is 0.316 e. The lowest BCUT2D eigenvalue weighted by Crippen LogP contribution is -2.29. The van der Waals surface area contributed by atoms with Gasteiger partial charge < -0.3 is 4.74 Å². The van der Waals surface area contributed by atoms with Gasteiger partial charge in [-0.15, -0.1) is 23.5 Å². The summed E-state index contributed by atoms with van der Waals surface area (Å²) in [5.74, 6) is 4.41. The molecule has 0 amide bonds. The Balaban J connectivity index is 1.25. The molecule has 0 N–H and O–H groups in total. The van der Waals surface area contributed by atoms with Gasteiger partial charge in [-0.25, -0.2) is 9.97 Å². The number of ether oxygens (including phenoxy) is 1. The third-order valence-electron chi connectivity index (χ3n) is 7.36. The molecular formula is C29H40N2O2S2. The average Bonchev–Trinajstić information content (AvgIpc) is 2.90. The van der Waals surface area contributed by atoms with E-state index in [4.69, 9.17) is 4.74 Å². The minimum absolute atomic E-state index is 0.0278. The van der Waals surface area contributed by atoms with E-state index in [-0.39, 0.29) is 11.9 Å². The lowest BCUT2D eigenvalue weighted by molar-refractivity contribution is -0.137. The Morgan fingerprint density at radius 3 is 2.23 bits per heavy atom. The van der Waals surface area contributed by atoms with Gasteiger partial charge >= 0.3 is 5.97 Å². The van der Waals surface area contributed by atoms with Gasteiger partial charge in [-0.05, 0) is 73.8 Å². The van der Waals surface area contributed by atoms with Crippen molar-refractivity contribution in [1.29, 1.82) is 0 Å². The smallest absolute Gasteiger partial charge is 0.316 e. The molecular weight excluding hydrogens is 472 g/mol. The average molecular weight is 513 g/mol. The van der Waals surface area contributed by atoms with Crippen LogP contribution in [0.5, 0.6) is 5.75 Å². The largest absolute Gasteiger partial charge is 0.426 e. The first kappa shape index (κ1) is 26.5. The molecule has 35 heavy (non-hydrogen) atoms. The maximum atomic E-state index is 12.7. The fourth-order valence-electron chi connectivity index (χ4n) is 5.17. The van der Waals surface area contributed by atoms with Crippen molar-refractivity contribution in [1.82, 2.24) is 9.97 Å². The molecule has 0 spiro atoms. The van der Waals surface area contributed by atoms with Crippen LogP contribution in [0.25, 0.3) is 11.4 Å². The van der Waals surface area contributed by atoms with Crippen LogP contribution in [-0.2, 0) is 4.79 Å². The van der Waals surface area contributed by atoms with Gasteiger partial charge in [0.2, 0.25) is 0 Å². The lowest BCUT2D eigenvalue weighted by atomic mass is 9.78. The number of aromatic nitrogens is 2. The van der Waals surface area contributed by atoms with Crippen molar-refractivity contribution in [2.24, 2.45) is 11.8 Å². The highest BCUT2D eigenvalue weighted by Crippen LogP contribution is 2.38. The first-order valence-electron chi connectivity index (χ1n) is 13.5. The van der Waals surface area contributed by atoms with Crippen LogP contribution in [0.4, 0.5) is 0 Å². The number of thioether (sulfide) groups is 2. The number of carbonyl (C=O) groups excluding carboxylic acids is 1. The van der Waals surface area contributed by atoms with Crippen molar-refractivity contribution >= 4 is 29.5 Å². The highest BCUT2D eigenvalue weighted by atomic mass is 32.2. The molecule has 2 aliphatic rings. The van der Waals surface area contributed by atoms with E-state index in [0.717, 1.165) is 28.8 Å². The second-order valence-electron chi connectivity index (χ2n) is 10.1. The molecule has 0 unspecified atom stereocenters. The van der Waals surface area contributed by atoms with Crippen molar-refractivity contribution < 1.29 is 9.53 Å². The van der Waals surface area contributed by atoms with Crippen LogP contribution < -0.4 is 4.74 Å². The molecule has 1 aliphatic carbocycles. The molecule has 4 rings (SSSR count). The van der Waals surface area contributed by atoms with Crippen LogP contribution in [0.3, 0.4) is 0 Å². The first-order chi connectivity index (χ1) is 17.2. The van der Waals surface area contributed by atoms with E-state index >= 15 is 0 Å². The van der Waals surface area contributed by atoms with Crippen LogP contribution in [0.15, 0.2) is 36.7 Å². The number of hydrogen-bond acceptors (Lipinski definition) is 6. The van der Waals surface area contributed by atoms with Gasteiger partial charge in [0.05, 0.1) is 10.5 Å². The predicted molar refractivity (Wildman–Crippen MR) is 149 cm³/mol. The molecule has 6 heteroatoms. The molecule has 190 valence electrons. The van der Waals surface area contributed by atoms with Gasteiger partial charge in [0.1, 0.15) is 5.75 Å². The zero-order chi connectivity index (χ0) is 24.5. The second kappa shape index (κ2) is 13.7. The van der Waals surface area contributed by atoms with Crippen LogP contribution >= 0.6 is 23.5 Å². The molecule has 4 nitrogen and oxygen atoms in total. The van der Waals surface area contributed by atoms with Gasteiger partial charge in [0.25, 0.3) is 0 Å². The maximum absolute atomic E-state index is 12.7. The van der Waals surface area contributed by atoms with Gasteiger partial charge in [0, 0.05) is 29.5 Å². The van der Waals surface area contributed by atoms with Crippen molar-refractivity contribution in [3.8, 4) is 17.1 Å². The third-order valence-corrected chi connectivity index (χ3v) is 10.6. The molecule has 0 radical (unpaired) electrons. The third kappa shape index (κ3) is 7.72. The van der Waals surface area contributed by atoms with Gasteiger partial charge in [-0.3, -0.25) is 4.79 Å². The van der Waals surface area contributed by atoms with E-state index in [0.29, 0.717) is 16.2 Å². The summed E-state index contributed by atoms with van der Waals surface area (Å²) in [6.45, 7) is 4.52. The first-order valence-corrected chi connectivity index (χ1v) is 15.6. The van der Waals surface area contributed by atoms with Crippen molar-refractivity contribution in [2.75, 3.05) is 11.5 Å². The molecule has 0 atom stereocenters. The summed E-state index contributed by atoms with van der Waals surface area (Å²) in [5, 5.41) is 0. The molecule has 2 fully saturated rings. The monoisotopic (exact) mass is 512 g/mol. The normalized spacial score (nSPS) is 24.7. The highest BCUT2D eigenvalue weighted by Gasteiger charge is 2.28. The number of hydrogen-bond donors (Lipinski definition) is 0. The van der Waals surface area contributed by atoms with Gasteiger partial charge in [-0.1, -0.05) is 46.0 Å². The van der Waals surface area contributed by atoms with Gasteiger partial charge in [0.15, 0.2) is 5.82 Å². The van der Waals surface area contributed by atoms with E-state index in [9.17, 15) is 4.79 Å². The predicted octanol–water partition coefficient (Wildman–Crippen LogP) is 8.13. The minimum Gasteiger partial charge on any atom is -0.426 e. The fraction of sp³-hybridized carbons (Fsp3) is 0.621. The van der Waals surface area contributed by atoms with E-state index in [1.165, 1.54) is 69.8 Å².